The third-order valence-electron chi connectivity index (χ3n) is 1.67. The number of rotatable bonds is 3. The van der Waals surface area contributed by atoms with Crippen LogP contribution in [0.4, 0.5) is 10.5 Å². The number of thioether (sulfide) groups is 1. The van der Waals surface area contributed by atoms with Gasteiger partial charge in [0.15, 0.2) is 0 Å². The molecule has 0 saturated heterocycles. The molecule has 0 aliphatic rings. The Bertz CT molecular complexity index is 357. The van der Waals surface area contributed by atoms with Crippen LogP contribution in [-0.2, 0) is 4.74 Å². The maximum Gasteiger partial charge on any atom is 0.411 e. The fourth-order valence-corrected chi connectivity index (χ4v) is 1.90. The Morgan fingerprint density at radius 3 is 2.87 bits per heavy atom. The standard InChI is InChI=1S/C10H12ClNO2S/c1-3-14-10(13)12-7-4-5-9(15-2)8(11)6-7/h4-6H,3H2,1-2H3,(H,12,13). The predicted octanol–water partition coefficient (Wildman–Crippen LogP) is 3.63. The molecule has 0 saturated carbocycles. The molecule has 5 heteroatoms. The normalized spacial score (nSPS) is 9.80. The number of hydrogen-bond acceptors (Lipinski definition) is 3. The molecule has 0 aromatic heterocycles. The highest BCUT2D eigenvalue weighted by Crippen LogP contribution is 2.27. The minimum Gasteiger partial charge on any atom is -0.450 e. The van der Waals surface area contributed by atoms with E-state index < -0.39 is 6.09 Å². The van der Waals surface area contributed by atoms with Gasteiger partial charge in [0, 0.05) is 10.6 Å². The van der Waals surface area contributed by atoms with Gasteiger partial charge in [0.25, 0.3) is 0 Å². The van der Waals surface area contributed by atoms with Crippen molar-refractivity contribution in [3.8, 4) is 0 Å². The average Bonchev–Trinajstić information content (AvgIpc) is 2.18. The molecular formula is C10H12ClNO2S. The SMILES string of the molecule is CCOC(=O)Nc1ccc(SC)c(Cl)c1. The topological polar surface area (TPSA) is 38.3 Å². The lowest BCUT2D eigenvalue weighted by molar-refractivity contribution is 0.168. The van der Waals surface area contributed by atoms with Crippen LogP contribution in [0.5, 0.6) is 0 Å². The highest BCUT2D eigenvalue weighted by Gasteiger charge is 2.04. The molecule has 15 heavy (non-hydrogen) atoms. The van der Waals surface area contributed by atoms with Gasteiger partial charge in [-0.2, -0.15) is 0 Å². The summed E-state index contributed by atoms with van der Waals surface area (Å²) in [5, 5.41) is 3.20. The maximum atomic E-state index is 11.1. The molecule has 1 amide bonds. The molecule has 0 unspecified atom stereocenters. The Hall–Kier alpha value is -0.870. The summed E-state index contributed by atoms with van der Waals surface area (Å²) in [6.45, 7) is 2.10. The molecule has 0 fully saturated rings. The first-order valence-electron chi connectivity index (χ1n) is 4.44. The number of carbonyl (C=O) groups is 1. The van der Waals surface area contributed by atoms with E-state index in [9.17, 15) is 4.79 Å². The number of amides is 1. The fourth-order valence-electron chi connectivity index (χ4n) is 1.03. The zero-order chi connectivity index (χ0) is 11.3. The summed E-state index contributed by atoms with van der Waals surface area (Å²) >= 11 is 7.53. The van der Waals surface area contributed by atoms with Crippen molar-refractivity contribution in [1.82, 2.24) is 0 Å². The van der Waals surface area contributed by atoms with Crippen LogP contribution in [0.15, 0.2) is 23.1 Å². The molecule has 1 N–H and O–H groups in total. The molecule has 0 bridgehead atoms. The first-order chi connectivity index (χ1) is 7.17. The Morgan fingerprint density at radius 2 is 2.33 bits per heavy atom. The highest BCUT2D eigenvalue weighted by atomic mass is 35.5. The summed E-state index contributed by atoms with van der Waals surface area (Å²) in [5.74, 6) is 0. The van der Waals surface area contributed by atoms with Crippen LogP contribution < -0.4 is 5.32 Å². The first kappa shape index (κ1) is 12.2. The van der Waals surface area contributed by atoms with Gasteiger partial charge in [-0.25, -0.2) is 4.79 Å². The van der Waals surface area contributed by atoms with Crippen LogP contribution in [0.3, 0.4) is 0 Å². The van der Waals surface area contributed by atoms with E-state index in [1.54, 1.807) is 30.8 Å². The number of benzene rings is 1. The van der Waals surface area contributed by atoms with Crippen LogP contribution >= 0.6 is 23.4 Å². The number of anilines is 1. The lowest BCUT2D eigenvalue weighted by Crippen LogP contribution is -2.13. The molecule has 1 aromatic carbocycles. The lowest BCUT2D eigenvalue weighted by Gasteiger charge is -2.07. The average molecular weight is 246 g/mol. The predicted molar refractivity (Wildman–Crippen MR) is 63.9 cm³/mol. The summed E-state index contributed by atoms with van der Waals surface area (Å²) in [7, 11) is 0. The zero-order valence-corrected chi connectivity index (χ0v) is 10.1. The number of carbonyl (C=O) groups excluding carboxylic acids is 1. The van der Waals surface area contributed by atoms with Crippen molar-refractivity contribution in [2.45, 2.75) is 11.8 Å². The lowest BCUT2D eigenvalue weighted by atomic mass is 10.3. The molecule has 0 heterocycles. The van der Waals surface area contributed by atoms with Crippen molar-refractivity contribution in [3.63, 3.8) is 0 Å². The monoisotopic (exact) mass is 245 g/mol. The molecule has 82 valence electrons. The molecule has 0 aliphatic carbocycles. The molecular weight excluding hydrogens is 234 g/mol. The summed E-state index contributed by atoms with van der Waals surface area (Å²) in [6, 6.07) is 5.34. The molecule has 0 spiro atoms. The first-order valence-corrected chi connectivity index (χ1v) is 6.05. The Kier molecular flexibility index (Phi) is 4.78. The van der Waals surface area contributed by atoms with Crippen LogP contribution in [-0.4, -0.2) is 19.0 Å². The summed E-state index contributed by atoms with van der Waals surface area (Å²) < 4.78 is 4.74. The van der Waals surface area contributed by atoms with Gasteiger partial charge in [-0.05, 0) is 31.4 Å². The van der Waals surface area contributed by atoms with Crippen molar-refractivity contribution >= 4 is 35.1 Å². The molecule has 3 nitrogen and oxygen atoms in total. The summed E-state index contributed by atoms with van der Waals surface area (Å²) in [5.41, 5.74) is 0.635. The van der Waals surface area contributed by atoms with Crippen LogP contribution in [0.2, 0.25) is 5.02 Å². The van der Waals surface area contributed by atoms with Gasteiger partial charge >= 0.3 is 6.09 Å². The van der Waals surface area contributed by atoms with Crippen molar-refractivity contribution in [2.75, 3.05) is 18.2 Å². The van der Waals surface area contributed by atoms with Crippen molar-refractivity contribution in [1.29, 1.82) is 0 Å². The van der Waals surface area contributed by atoms with E-state index in [1.165, 1.54) is 0 Å². The molecule has 0 aliphatic heterocycles. The number of halogens is 1. The Labute approximate surface area is 98.1 Å². The maximum absolute atomic E-state index is 11.1. The number of hydrogen-bond donors (Lipinski definition) is 1. The van der Waals surface area contributed by atoms with E-state index in [0.717, 1.165) is 4.90 Å². The summed E-state index contributed by atoms with van der Waals surface area (Å²) in [4.78, 5) is 12.1. The second kappa shape index (κ2) is 5.88. The van der Waals surface area contributed by atoms with Gasteiger partial charge in [0.1, 0.15) is 0 Å². The molecule has 1 rings (SSSR count). The van der Waals surface area contributed by atoms with Crippen molar-refractivity contribution < 1.29 is 9.53 Å². The number of nitrogens with one attached hydrogen (secondary N) is 1. The van der Waals surface area contributed by atoms with E-state index in [4.69, 9.17) is 16.3 Å². The zero-order valence-electron chi connectivity index (χ0n) is 8.54. The van der Waals surface area contributed by atoms with Gasteiger partial charge < -0.3 is 4.74 Å². The highest BCUT2D eigenvalue weighted by molar-refractivity contribution is 7.98. The number of ether oxygens (including phenoxy) is 1. The molecule has 0 radical (unpaired) electrons. The van der Waals surface area contributed by atoms with Gasteiger partial charge in [0.2, 0.25) is 0 Å². The van der Waals surface area contributed by atoms with Gasteiger partial charge in [-0.15, -0.1) is 11.8 Å². The smallest absolute Gasteiger partial charge is 0.411 e. The minimum atomic E-state index is -0.467. The van der Waals surface area contributed by atoms with Crippen molar-refractivity contribution in [2.24, 2.45) is 0 Å². The third-order valence-corrected chi connectivity index (χ3v) is 2.89. The van der Waals surface area contributed by atoms with Gasteiger partial charge in [-0.1, -0.05) is 11.6 Å². The van der Waals surface area contributed by atoms with E-state index in [0.29, 0.717) is 17.3 Å². The minimum absolute atomic E-state index is 0.350. The van der Waals surface area contributed by atoms with E-state index in [2.05, 4.69) is 5.32 Å². The second-order valence-electron chi connectivity index (χ2n) is 2.69. The van der Waals surface area contributed by atoms with E-state index >= 15 is 0 Å². The summed E-state index contributed by atoms with van der Waals surface area (Å²) in [6.07, 6.45) is 1.48. The van der Waals surface area contributed by atoms with Crippen LogP contribution in [0.1, 0.15) is 6.92 Å². The Balaban J connectivity index is 2.71. The van der Waals surface area contributed by atoms with Gasteiger partial charge in [0.05, 0.1) is 11.6 Å². The third kappa shape index (κ3) is 3.64. The van der Waals surface area contributed by atoms with E-state index in [1.807, 2.05) is 12.3 Å². The molecule has 1 aromatic rings. The molecule has 0 atom stereocenters. The Morgan fingerprint density at radius 1 is 1.60 bits per heavy atom. The largest absolute Gasteiger partial charge is 0.450 e. The van der Waals surface area contributed by atoms with Gasteiger partial charge in [-0.3, -0.25) is 5.32 Å². The van der Waals surface area contributed by atoms with Crippen LogP contribution in [0.25, 0.3) is 0 Å². The van der Waals surface area contributed by atoms with Crippen LogP contribution in [0, 0.1) is 0 Å². The van der Waals surface area contributed by atoms with E-state index in [-0.39, 0.29) is 0 Å². The quantitative estimate of drug-likeness (QED) is 0.827. The second-order valence-corrected chi connectivity index (χ2v) is 3.95. The fraction of sp³-hybridized carbons (Fsp3) is 0.300. The van der Waals surface area contributed by atoms with Crippen molar-refractivity contribution in [3.05, 3.63) is 23.2 Å².